The van der Waals surface area contributed by atoms with Gasteiger partial charge in [0.25, 0.3) is 0 Å². The molecule has 1 aromatic heterocycles. The first-order valence-corrected chi connectivity index (χ1v) is 3.85. The second-order valence-electron chi connectivity index (χ2n) is 2.71. The van der Waals surface area contributed by atoms with Gasteiger partial charge in [-0.15, -0.1) is 0 Å². The average molecular weight is 153 g/mol. The average Bonchev–Trinajstić information content (AvgIpc) is 2.04. The molecule has 2 heteroatoms. The summed E-state index contributed by atoms with van der Waals surface area (Å²) < 4.78 is 13.0. The van der Waals surface area contributed by atoms with Crippen LogP contribution < -0.4 is 0 Å². The highest BCUT2D eigenvalue weighted by molar-refractivity contribution is 5.16. The number of pyridine rings is 1. The molecule has 0 aromatic carbocycles. The molecule has 0 aliphatic rings. The van der Waals surface area contributed by atoms with Crippen molar-refractivity contribution in [1.29, 1.82) is 0 Å². The van der Waals surface area contributed by atoms with Crippen LogP contribution in [0.5, 0.6) is 0 Å². The van der Waals surface area contributed by atoms with Gasteiger partial charge in [-0.05, 0) is 24.0 Å². The zero-order valence-corrected chi connectivity index (χ0v) is 6.84. The van der Waals surface area contributed by atoms with E-state index in [1.54, 1.807) is 12.3 Å². The molecule has 0 saturated heterocycles. The fourth-order valence-electron chi connectivity index (χ4n) is 1.01. The summed E-state index contributed by atoms with van der Waals surface area (Å²) in [5.41, 5.74) is 0.766. The zero-order valence-electron chi connectivity index (χ0n) is 6.84. The molecule has 0 unspecified atom stereocenters. The molecule has 1 atom stereocenters. The molecule has 1 aromatic rings. The smallest absolute Gasteiger partial charge is 0.144 e. The first-order chi connectivity index (χ1) is 5.25. The highest BCUT2D eigenvalue weighted by Crippen LogP contribution is 2.19. The Morgan fingerprint density at radius 3 is 2.91 bits per heavy atom. The highest BCUT2D eigenvalue weighted by atomic mass is 19.1. The van der Waals surface area contributed by atoms with Gasteiger partial charge in [0, 0.05) is 6.20 Å². The monoisotopic (exact) mass is 153 g/mol. The normalized spacial score (nSPS) is 13.0. The lowest BCUT2D eigenvalue weighted by atomic mass is 10.00. The summed E-state index contributed by atoms with van der Waals surface area (Å²) in [5.74, 6) is 0.0971. The predicted molar refractivity (Wildman–Crippen MR) is 42.9 cm³/mol. The Morgan fingerprint density at radius 1 is 1.64 bits per heavy atom. The molecule has 1 rings (SSSR count). The van der Waals surface area contributed by atoms with Gasteiger partial charge in [-0.2, -0.15) is 0 Å². The fourth-order valence-corrected chi connectivity index (χ4v) is 1.01. The van der Waals surface area contributed by atoms with Crippen LogP contribution in [0.15, 0.2) is 18.5 Å². The van der Waals surface area contributed by atoms with Crippen LogP contribution in [0.4, 0.5) is 4.39 Å². The summed E-state index contributed by atoms with van der Waals surface area (Å²) in [6.45, 7) is 4.06. The van der Waals surface area contributed by atoms with Gasteiger partial charge in [0.1, 0.15) is 5.82 Å². The maximum atomic E-state index is 13.0. The van der Waals surface area contributed by atoms with Crippen LogP contribution in [0.3, 0.4) is 0 Å². The van der Waals surface area contributed by atoms with Gasteiger partial charge < -0.3 is 0 Å². The first-order valence-electron chi connectivity index (χ1n) is 3.85. The molecule has 0 aliphatic carbocycles. The van der Waals surface area contributed by atoms with E-state index in [2.05, 4.69) is 4.98 Å². The Bertz CT molecular complexity index is 235. The summed E-state index contributed by atoms with van der Waals surface area (Å²) in [7, 11) is 0. The molecule has 1 nitrogen and oxygen atoms in total. The topological polar surface area (TPSA) is 12.9 Å². The van der Waals surface area contributed by atoms with E-state index in [1.165, 1.54) is 6.20 Å². The number of hydrogen-bond donors (Lipinski definition) is 0. The second-order valence-corrected chi connectivity index (χ2v) is 2.71. The lowest BCUT2D eigenvalue weighted by Crippen LogP contribution is -1.95. The van der Waals surface area contributed by atoms with Gasteiger partial charge in [0.05, 0.1) is 6.20 Å². The Hall–Kier alpha value is -0.920. The van der Waals surface area contributed by atoms with Gasteiger partial charge in [-0.25, -0.2) is 4.39 Å². The van der Waals surface area contributed by atoms with E-state index in [1.807, 2.05) is 13.8 Å². The summed E-state index contributed by atoms with van der Waals surface area (Å²) in [6.07, 6.45) is 3.85. The molecule has 0 aliphatic heterocycles. The summed E-state index contributed by atoms with van der Waals surface area (Å²) in [6, 6.07) is 1.74. The van der Waals surface area contributed by atoms with Crippen molar-refractivity contribution in [2.24, 2.45) is 0 Å². The van der Waals surface area contributed by atoms with Gasteiger partial charge in [0.15, 0.2) is 0 Å². The van der Waals surface area contributed by atoms with Crippen molar-refractivity contribution < 1.29 is 4.39 Å². The first kappa shape index (κ1) is 8.18. The van der Waals surface area contributed by atoms with Gasteiger partial charge in [-0.1, -0.05) is 13.8 Å². The van der Waals surface area contributed by atoms with Crippen LogP contribution in [0.1, 0.15) is 31.7 Å². The SMILES string of the molecule is CC[C@H](C)c1ccncc1F. The van der Waals surface area contributed by atoms with Gasteiger partial charge in [-0.3, -0.25) is 4.98 Å². The Kier molecular flexibility index (Phi) is 2.58. The van der Waals surface area contributed by atoms with Gasteiger partial charge in [0.2, 0.25) is 0 Å². The van der Waals surface area contributed by atoms with E-state index >= 15 is 0 Å². The van der Waals surface area contributed by atoms with Crippen LogP contribution in [0.25, 0.3) is 0 Å². The predicted octanol–water partition coefficient (Wildman–Crippen LogP) is 2.73. The van der Waals surface area contributed by atoms with Crippen LogP contribution in [-0.4, -0.2) is 4.98 Å². The summed E-state index contributed by atoms with van der Waals surface area (Å²) in [4.78, 5) is 3.69. The van der Waals surface area contributed by atoms with E-state index < -0.39 is 0 Å². The van der Waals surface area contributed by atoms with Crippen molar-refractivity contribution in [2.75, 3.05) is 0 Å². The van der Waals surface area contributed by atoms with Crippen molar-refractivity contribution in [1.82, 2.24) is 4.98 Å². The third-order valence-electron chi connectivity index (χ3n) is 1.95. The highest BCUT2D eigenvalue weighted by Gasteiger charge is 2.07. The standard InChI is InChI=1S/C9H12FN/c1-3-7(2)8-4-5-11-6-9(8)10/h4-7H,3H2,1-2H3/t7-/m0/s1. The minimum absolute atomic E-state index is 0.193. The van der Waals surface area contributed by atoms with Crippen LogP contribution in [0.2, 0.25) is 0 Å². The van der Waals surface area contributed by atoms with Crippen LogP contribution in [-0.2, 0) is 0 Å². The van der Waals surface area contributed by atoms with E-state index in [4.69, 9.17) is 0 Å². The number of hydrogen-bond acceptors (Lipinski definition) is 1. The third-order valence-corrected chi connectivity index (χ3v) is 1.95. The third kappa shape index (κ3) is 1.76. The molecule has 0 saturated carbocycles. The van der Waals surface area contributed by atoms with Crippen LogP contribution >= 0.6 is 0 Å². The largest absolute Gasteiger partial charge is 0.262 e. The second kappa shape index (κ2) is 3.46. The minimum atomic E-state index is -0.193. The van der Waals surface area contributed by atoms with Gasteiger partial charge >= 0.3 is 0 Å². The molecule has 0 amide bonds. The lowest BCUT2D eigenvalue weighted by Gasteiger charge is -2.08. The Labute approximate surface area is 66.3 Å². The van der Waals surface area contributed by atoms with E-state index in [0.717, 1.165) is 12.0 Å². The Morgan fingerprint density at radius 2 is 2.36 bits per heavy atom. The van der Waals surface area contributed by atoms with Crippen molar-refractivity contribution in [3.05, 3.63) is 29.8 Å². The molecular formula is C9H12FN. The summed E-state index contributed by atoms with van der Waals surface area (Å²) in [5, 5.41) is 0. The molecule has 0 spiro atoms. The van der Waals surface area contributed by atoms with Crippen molar-refractivity contribution >= 4 is 0 Å². The maximum Gasteiger partial charge on any atom is 0.144 e. The van der Waals surface area contributed by atoms with Crippen molar-refractivity contribution in [3.8, 4) is 0 Å². The summed E-state index contributed by atoms with van der Waals surface area (Å²) >= 11 is 0. The zero-order chi connectivity index (χ0) is 8.27. The fraction of sp³-hybridized carbons (Fsp3) is 0.444. The Balaban J connectivity index is 2.93. The molecule has 0 N–H and O–H groups in total. The van der Waals surface area contributed by atoms with E-state index in [0.29, 0.717) is 0 Å². The van der Waals surface area contributed by atoms with Crippen molar-refractivity contribution in [3.63, 3.8) is 0 Å². The van der Waals surface area contributed by atoms with Crippen LogP contribution in [0, 0.1) is 5.82 Å². The van der Waals surface area contributed by atoms with Crippen molar-refractivity contribution in [2.45, 2.75) is 26.2 Å². The quantitative estimate of drug-likeness (QED) is 0.636. The van der Waals surface area contributed by atoms with E-state index in [-0.39, 0.29) is 11.7 Å². The number of aromatic nitrogens is 1. The molecule has 60 valence electrons. The number of rotatable bonds is 2. The van der Waals surface area contributed by atoms with E-state index in [9.17, 15) is 4.39 Å². The number of nitrogens with zero attached hydrogens (tertiary/aromatic N) is 1. The number of halogens is 1. The molecule has 11 heavy (non-hydrogen) atoms. The molecule has 1 heterocycles. The lowest BCUT2D eigenvalue weighted by molar-refractivity contribution is 0.578. The molecule has 0 bridgehead atoms. The molecule has 0 radical (unpaired) electrons. The minimum Gasteiger partial charge on any atom is -0.262 e. The molecular weight excluding hydrogens is 141 g/mol. The maximum absolute atomic E-state index is 13.0. The molecule has 0 fully saturated rings.